The van der Waals surface area contributed by atoms with E-state index in [2.05, 4.69) is 10.1 Å². The van der Waals surface area contributed by atoms with Crippen molar-refractivity contribution in [1.82, 2.24) is 14.7 Å². The standard InChI is InChI=1S/C16H16N4O2/c1-19-13-6-4-3-5-11(13)17-16(19)20(2)15(21)14-9-12(18-22-14)10-7-8-10/h3-6,9-10H,7-8H2,1-2H3. The lowest BCUT2D eigenvalue weighted by molar-refractivity contribution is 0.0955. The fraction of sp³-hybridized carbons (Fsp3) is 0.312. The Balaban J connectivity index is 1.67. The van der Waals surface area contributed by atoms with E-state index in [1.807, 2.05) is 35.9 Å². The number of hydrogen-bond acceptors (Lipinski definition) is 4. The number of para-hydroxylation sites is 2. The van der Waals surface area contributed by atoms with E-state index in [4.69, 9.17) is 4.52 Å². The number of amides is 1. The molecule has 1 aliphatic rings. The van der Waals surface area contributed by atoms with Crippen molar-refractivity contribution in [2.24, 2.45) is 7.05 Å². The highest BCUT2D eigenvalue weighted by Crippen LogP contribution is 2.39. The third-order valence-electron chi connectivity index (χ3n) is 4.10. The van der Waals surface area contributed by atoms with Crippen molar-refractivity contribution in [3.63, 3.8) is 0 Å². The van der Waals surface area contributed by atoms with E-state index < -0.39 is 0 Å². The second kappa shape index (κ2) is 4.69. The molecule has 22 heavy (non-hydrogen) atoms. The Morgan fingerprint density at radius 3 is 2.86 bits per heavy atom. The molecule has 1 saturated carbocycles. The van der Waals surface area contributed by atoms with Gasteiger partial charge in [-0.05, 0) is 25.0 Å². The van der Waals surface area contributed by atoms with Crippen LogP contribution in [0.3, 0.4) is 0 Å². The van der Waals surface area contributed by atoms with Crippen molar-refractivity contribution >= 4 is 22.9 Å². The zero-order chi connectivity index (χ0) is 15.3. The minimum Gasteiger partial charge on any atom is -0.351 e. The normalized spacial score (nSPS) is 14.5. The van der Waals surface area contributed by atoms with Gasteiger partial charge in [-0.3, -0.25) is 9.69 Å². The van der Waals surface area contributed by atoms with Crippen LogP contribution in [0.4, 0.5) is 5.95 Å². The van der Waals surface area contributed by atoms with E-state index in [0.29, 0.717) is 11.9 Å². The maximum Gasteiger partial charge on any atom is 0.298 e. The van der Waals surface area contributed by atoms with Crippen molar-refractivity contribution in [3.05, 3.63) is 41.8 Å². The smallest absolute Gasteiger partial charge is 0.298 e. The number of anilines is 1. The molecule has 3 aromatic rings. The lowest BCUT2D eigenvalue weighted by atomic mass is 10.2. The molecular weight excluding hydrogens is 280 g/mol. The Morgan fingerprint density at radius 2 is 2.14 bits per heavy atom. The van der Waals surface area contributed by atoms with Crippen LogP contribution in [0.15, 0.2) is 34.9 Å². The zero-order valence-corrected chi connectivity index (χ0v) is 12.5. The minimum atomic E-state index is -0.238. The van der Waals surface area contributed by atoms with E-state index in [9.17, 15) is 4.79 Å². The number of fused-ring (bicyclic) bond motifs is 1. The largest absolute Gasteiger partial charge is 0.351 e. The van der Waals surface area contributed by atoms with Crippen LogP contribution < -0.4 is 4.90 Å². The number of carbonyl (C=O) groups is 1. The van der Waals surface area contributed by atoms with Crippen molar-refractivity contribution in [2.75, 3.05) is 11.9 Å². The zero-order valence-electron chi connectivity index (χ0n) is 12.5. The van der Waals surface area contributed by atoms with Gasteiger partial charge in [0.15, 0.2) is 0 Å². The van der Waals surface area contributed by atoms with Crippen LogP contribution in [0.5, 0.6) is 0 Å². The minimum absolute atomic E-state index is 0.238. The summed E-state index contributed by atoms with van der Waals surface area (Å²) < 4.78 is 7.10. The van der Waals surface area contributed by atoms with Crippen molar-refractivity contribution in [1.29, 1.82) is 0 Å². The van der Waals surface area contributed by atoms with Crippen LogP contribution in [0.2, 0.25) is 0 Å². The van der Waals surface area contributed by atoms with Crippen LogP contribution in [-0.2, 0) is 7.05 Å². The molecule has 1 aliphatic carbocycles. The number of aromatic nitrogens is 3. The first kappa shape index (κ1) is 13.1. The molecule has 6 heteroatoms. The summed E-state index contributed by atoms with van der Waals surface area (Å²) in [7, 11) is 3.59. The molecule has 0 unspecified atom stereocenters. The number of rotatable bonds is 3. The topological polar surface area (TPSA) is 64.2 Å². The molecule has 4 rings (SSSR count). The molecule has 112 valence electrons. The fourth-order valence-corrected chi connectivity index (χ4v) is 2.65. The molecule has 0 saturated heterocycles. The van der Waals surface area contributed by atoms with Crippen LogP contribution in [0, 0.1) is 0 Å². The highest BCUT2D eigenvalue weighted by molar-refractivity contribution is 6.03. The number of benzene rings is 1. The average molecular weight is 296 g/mol. The number of imidazole rings is 1. The van der Waals surface area contributed by atoms with E-state index in [-0.39, 0.29) is 11.7 Å². The molecule has 1 fully saturated rings. The third kappa shape index (κ3) is 1.99. The lowest BCUT2D eigenvalue weighted by Crippen LogP contribution is -2.28. The van der Waals surface area contributed by atoms with Crippen LogP contribution >= 0.6 is 0 Å². The van der Waals surface area contributed by atoms with Gasteiger partial charge >= 0.3 is 0 Å². The predicted molar refractivity (Wildman–Crippen MR) is 81.9 cm³/mol. The number of carbonyl (C=O) groups excluding carboxylic acids is 1. The summed E-state index contributed by atoms with van der Waals surface area (Å²) in [6, 6.07) is 9.53. The van der Waals surface area contributed by atoms with Crippen LogP contribution in [-0.4, -0.2) is 27.7 Å². The van der Waals surface area contributed by atoms with Gasteiger partial charge in [0.25, 0.3) is 5.91 Å². The van der Waals surface area contributed by atoms with E-state index >= 15 is 0 Å². The summed E-state index contributed by atoms with van der Waals surface area (Å²) in [6.45, 7) is 0. The monoisotopic (exact) mass is 296 g/mol. The van der Waals surface area contributed by atoms with Gasteiger partial charge in [-0.25, -0.2) is 4.98 Å². The first-order valence-electron chi connectivity index (χ1n) is 7.31. The summed E-state index contributed by atoms with van der Waals surface area (Å²) in [5.74, 6) is 1.07. The molecule has 1 amide bonds. The molecule has 0 spiro atoms. The first-order valence-corrected chi connectivity index (χ1v) is 7.31. The highest BCUT2D eigenvalue weighted by atomic mass is 16.5. The molecule has 0 aliphatic heterocycles. The van der Waals surface area contributed by atoms with Crippen molar-refractivity contribution in [3.8, 4) is 0 Å². The van der Waals surface area contributed by atoms with Crippen LogP contribution in [0.1, 0.15) is 35.0 Å². The second-order valence-electron chi connectivity index (χ2n) is 5.71. The SMILES string of the molecule is CN(C(=O)c1cc(C2CC2)no1)c1nc2ccccc2n1C. The molecule has 0 radical (unpaired) electrons. The fourth-order valence-electron chi connectivity index (χ4n) is 2.65. The Bertz CT molecular complexity index is 860. The molecule has 0 bridgehead atoms. The average Bonchev–Trinajstić information content (AvgIpc) is 3.18. The molecule has 0 atom stereocenters. The van der Waals surface area contributed by atoms with Crippen LogP contribution in [0.25, 0.3) is 11.0 Å². The van der Waals surface area contributed by atoms with E-state index in [1.54, 1.807) is 13.1 Å². The summed E-state index contributed by atoms with van der Waals surface area (Å²) in [5, 5.41) is 3.99. The van der Waals surface area contributed by atoms with Crippen molar-refractivity contribution < 1.29 is 9.32 Å². The quantitative estimate of drug-likeness (QED) is 0.745. The van der Waals surface area contributed by atoms with E-state index in [1.165, 1.54) is 4.90 Å². The Morgan fingerprint density at radius 1 is 1.36 bits per heavy atom. The Labute approximate surface area is 127 Å². The lowest BCUT2D eigenvalue weighted by Gasteiger charge is -2.14. The maximum absolute atomic E-state index is 12.6. The number of aryl methyl sites for hydroxylation is 1. The Hall–Kier alpha value is -2.63. The maximum atomic E-state index is 12.6. The van der Waals surface area contributed by atoms with Gasteiger partial charge in [-0.1, -0.05) is 17.3 Å². The molecule has 0 N–H and O–H groups in total. The molecule has 6 nitrogen and oxygen atoms in total. The second-order valence-corrected chi connectivity index (χ2v) is 5.71. The summed E-state index contributed by atoms with van der Waals surface area (Å²) in [6.07, 6.45) is 2.25. The summed E-state index contributed by atoms with van der Waals surface area (Å²) >= 11 is 0. The van der Waals surface area contributed by atoms with Gasteiger partial charge < -0.3 is 9.09 Å². The Kier molecular flexibility index (Phi) is 2.79. The molecule has 2 aromatic heterocycles. The van der Waals surface area contributed by atoms with Gasteiger partial charge in [-0.2, -0.15) is 0 Å². The molecule has 2 heterocycles. The third-order valence-corrected chi connectivity index (χ3v) is 4.10. The first-order chi connectivity index (χ1) is 10.6. The highest BCUT2D eigenvalue weighted by Gasteiger charge is 2.29. The van der Waals surface area contributed by atoms with Gasteiger partial charge in [0.1, 0.15) is 0 Å². The summed E-state index contributed by atoms with van der Waals surface area (Å²) in [4.78, 5) is 18.6. The van der Waals surface area contributed by atoms with E-state index in [0.717, 1.165) is 29.6 Å². The van der Waals surface area contributed by atoms with Gasteiger partial charge in [0.2, 0.25) is 11.7 Å². The van der Waals surface area contributed by atoms with Gasteiger partial charge in [0, 0.05) is 26.1 Å². The molecular formula is C16H16N4O2. The summed E-state index contributed by atoms with van der Waals surface area (Å²) in [5.41, 5.74) is 2.71. The number of hydrogen-bond donors (Lipinski definition) is 0. The van der Waals surface area contributed by atoms with Gasteiger partial charge in [0.05, 0.1) is 16.7 Å². The predicted octanol–water partition coefficient (Wildman–Crippen LogP) is 2.72. The number of nitrogens with zero attached hydrogens (tertiary/aromatic N) is 4. The molecule has 1 aromatic carbocycles. The van der Waals surface area contributed by atoms with Gasteiger partial charge in [-0.15, -0.1) is 0 Å². The van der Waals surface area contributed by atoms with Crippen molar-refractivity contribution in [2.45, 2.75) is 18.8 Å².